The fourth-order valence-electron chi connectivity index (χ4n) is 6.72. The summed E-state index contributed by atoms with van der Waals surface area (Å²) in [6.45, 7) is 6.86. The van der Waals surface area contributed by atoms with E-state index >= 15 is 0 Å². The summed E-state index contributed by atoms with van der Waals surface area (Å²) in [6, 6.07) is 36.1. The van der Waals surface area contributed by atoms with Crippen LogP contribution in [0.3, 0.4) is 0 Å². The van der Waals surface area contributed by atoms with E-state index in [0.717, 1.165) is 24.2 Å². The van der Waals surface area contributed by atoms with Crippen molar-refractivity contribution in [1.29, 1.82) is 0 Å². The van der Waals surface area contributed by atoms with Crippen LogP contribution >= 0.6 is 0 Å². The van der Waals surface area contributed by atoms with Gasteiger partial charge in [0.15, 0.2) is 0 Å². The predicted octanol–water partition coefficient (Wildman–Crippen LogP) is 11.5. The van der Waals surface area contributed by atoms with Gasteiger partial charge in [0.2, 0.25) is 0 Å². The summed E-state index contributed by atoms with van der Waals surface area (Å²) >= 11 is 0. The molecule has 4 N–H and O–H groups in total. The molecule has 4 rings (SSSR count). The third-order valence-corrected chi connectivity index (χ3v) is 9.40. The maximum Gasteiger partial charge on any atom is 0.0314 e. The topological polar surface area (TPSA) is 52.0 Å². The fourth-order valence-corrected chi connectivity index (χ4v) is 6.72. The van der Waals surface area contributed by atoms with Gasteiger partial charge in [-0.15, -0.1) is 0 Å². The second kappa shape index (κ2) is 17.7. The average molecular weight is 589 g/mol. The van der Waals surface area contributed by atoms with Crippen molar-refractivity contribution in [2.75, 3.05) is 11.5 Å². The Hall–Kier alpha value is -3.52. The fraction of sp³-hybridized carbons (Fsp3) is 0.429. The lowest BCUT2D eigenvalue weighted by atomic mass is 9.84. The molecule has 2 unspecified atom stereocenters. The van der Waals surface area contributed by atoms with Crippen molar-refractivity contribution in [2.24, 2.45) is 5.92 Å². The molecule has 2 heteroatoms. The third-order valence-electron chi connectivity index (χ3n) is 9.40. The molecule has 0 aliphatic rings. The predicted molar refractivity (Wildman–Crippen MR) is 192 cm³/mol. The van der Waals surface area contributed by atoms with Gasteiger partial charge in [-0.3, -0.25) is 0 Å². The van der Waals surface area contributed by atoms with Crippen LogP contribution in [0.2, 0.25) is 0 Å². The highest BCUT2D eigenvalue weighted by Crippen LogP contribution is 2.33. The summed E-state index contributed by atoms with van der Waals surface area (Å²) < 4.78 is 0. The highest BCUT2D eigenvalue weighted by Gasteiger charge is 2.17. The van der Waals surface area contributed by atoms with Gasteiger partial charge >= 0.3 is 0 Å². The SMILES string of the molecule is CCCCCC(Cc1ccc(C(CCCC)c2ccc(N)cc2)cc1)Cc1ccc(C(CCCC)c2ccc(N)cc2)cc1. The van der Waals surface area contributed by atoms with Crippen LogP contribution in [0, 0.1) is 5.92 Å². The first kappa shape index (κ1) is 33.4. The van der Waals surface area contributed by atoms with Crippen LogP contribution in [0.15, 0.2) is 97.1 Å². The van der Waals surface area contributed by atoms with E-state index in [4.69, 9.17) is 11.5 Å². The van der Waals surface area contributed by atoms with Crippen LogP contribution in [0.25, 0.3) is 0 Å². The molecule has 0 saturated carbocycles. The maximum absolute atomic E-state index is 5.99. The first-order valence-electron chi connectivity index (χ1n) is 17.4. The standard InChI is InChI=1S/C42H56N2/c1-4-7-10-11-34(30-32-14-18-35(19-15-32)41(12-8-5-2)37-22-26-39(43)27-23-37)31-33-16-20-36(21-17-33)42(13-9-6-3)38-24-28-40(44)29-25-38/h14-29,34,41-42H,4-13,30-31,43-44H2,1-3H3. The van der Waals surface area contributed by atoms with Gasteiger partial charge in [0.1, 0.15) is 0 Å². The van der Waals surface area contributed by atoms with E-state index in [0.29, 0.717) is 17.8 Å². The van der Waals surface area contributed by atoms with Crippen LogP contribution in [0.1, 0.15) is 130 Å². The first-order chi connectivity index (χ1) is 21.5. The molecule has 0 amide bonds. The molecule has 4 aromatic carbocycles. The van der Waals surface area contributed by atoms with Crippen molar-refractivity contribution in [2.45, 2.75) is 110 Å². The summed E-state index contributed by atoms with van der Waals surface area (Å²) in [5, 5.41) is 0. The average Bonchev–Trinajstić information content (AvgIpc) is 3.04. The Morgan fingerprint density at radius 3 is 1.09 bits per heavy atom. The minimum absolute atomic E-state index is 0.429. The minimum atomic E-state index is 0.429. The van der Waals surface area contributed by atoms with E-state index in [9.17, 15) is 0 Å². The van der Waals surface area contributed by atoms with Crippen LogP contribution < -0.4 is 11.5 Å². The number of unbranched alkanes of at least 4 members (excludes halogenated alkanes) is 4. The van der Waals surface area contributed by atoms with Gasteiger partial charge in [0, 0.05) is 23.2 Å². The van der Waals surface area contributed by atoms with Crippen LogP contribution in [0.5, 0.6) is 0 Å². The van der Waals surface area contributed by atoms with Gasteiger partial charge in [-0.1, -0.05) is 139 Å². The molecule has 2 atom stereocenters. The van der Waals surface area contributed by atoms with Gasteiger partial charge in [0.05, 0.1) is 0 Å². The van der Waals surface area contributed by atoms with E-state index in [1.54, 1.807) is 0 Å². The Labute approximate surface area is 268 Å². The monoisotopic (exact) mass is 588 g/mol. The van der Waals surface area contributed by atoms with E-state index in [1.165, 1.54) is 97.6 Å². The van der Waals surface area contributed by atoms with Crippen molar-refractivity contribution < 1.29 is 0 Å². The first-order valence-corrected chi connectivity index (χ1v) is 17.4. The highest BCUT2D eigenvalue weighted by molar-refractivity contribution is 5.44. The molecule has 0 aromatic heterocycles. The molecule has 0 heterocycles. The number of nitrogens with two attached hydrogens (primary N) is 2. The molecule has 2 nitrogen and oxygen atoms in total. The molecule has 0 fully saturated rings. The number of anilines is 2. The molecule has 44 heavy (non-hydrogen) atoms. The molecule has 234 valence electrons. The zero-order valence-electron chi connectivity index (χ0n) is 27.6. The number of hydrogen-bond acceptors (Lipinski definition) is 2. The lowest BCUT2D eigenvalue weighted by molar-refractivity contribution is 0.453. The summed E-state index contributed by atoms with van der Waals surface area (Å²) in [4.78, 5) is 0. The van der Waals surface area contributed by atoms with Gasteiger partial charge < -0.3 is 11.5 Å². The van der Waals surface area contributed by atoms with Gasteiger partial charge in [-0.05, 0) is 95.7 Å². The number of nitrogen functional groups attached to an aromatic ring is 2. The number of hydrogen-bond donors (Lipinski definition) is 2. The molecule has 0 saturated heterocycles. The minimum Gasteiger partial charge on any atom is -0.399 e. The van der Waals surface area contributed by atoms with Crippen LogP contribution in [-0.4, -0.2) is 0 Å². The van der Waals surface area contributed by atoms with Crippen molar-refractivity contribution in [3.8, 4) is 0 Å². The van der Waals surface area contributed by atoms with E-state index in [1.807, 2.05) is 24.3 Å². The Morgan fingerprint density at radius 1 is 0.409 bits per heavy atom. The van der Waals surface area contributed by atoms with Gasteiger partial charge in [0.25, 0.3) is 0 Å². The zero-order chi connectivity index (χ0) is 31.1. The highest BCUT2D eigenvalue weighted by atomic mass is 14.5. The van der Waals surface area contributed by atoms with Crippen molar-refractivity contribution >= 4 is 11.4 Å². The quantitative estimate of drug-likeness (QED) is 0.0897. The molecule has 0 radical (unpaired) electrons. The maximum atomic E-state index is 5.99. The normalized spacial score (nSPS) is 13.4. The Morgan fingerprint density at radius 2 is 0.750 bits per heavy atom. The smallest absolute Gasteiger partial charge is 0.0314 e. The number of benzene rings is 4. The molecule has 0 bridgehead atoms. The van der Waals surface area contributed by atoms with E-state index in [2.05, 4.69) is 93.6 Å². The van der Waals surface area contributed by atoms with Crippen molar-refractivity contribution in [3.05, 3.63) is 130 Å². The molecule has 4 aromatic rings. The molecule has 0 aliphatic heterocycles. The molecular weight excluding hydrogens is 532 g/mol. The third kappa shape index (κ3) is 10.0. The van der Waals surface area contributed by atoms with Crippen molar-refractivity contribution in [3.63, 3.8) is 0 Å². The summed E-state index contributed by atoms with van der Waals surface area (Å²) in [7, 11) is 0. The van der Waals surface area contributed by atoms with Crippen LogP contribution in [0.4, 0.5) is 11.4 Å². The Bertz CT molecular complexity index is 1230. The number of rotatable bonds is 18. The molecular formula is C42H56N2. The zero-order valence-corrected chi connectivity index (χ0v) is 27.6. The summed E-state index contributed by atoms with van der Waals surface area (Å²) in [6.07, 6.45) is 14.7. The van der Waals surface area contributed by atoms with Crippen molar-refractivity contribution in [1.82, 2.24) is 0 Å². The van der Waals surface area contributed by atoms with Crippen LogP contribution in [-0.2, 0) is 12.8 Å². The second-order valence-corrected chi connectivity index (χ2v) is 13.0. The Kier molecular flexibility index (Phi) is 13.4. The largest absolute Gasteiger partial charge is 0.399 e. The molecule has 0 aliphatic carbocycles. The van der Waals surface area contributed by atoms with Gasteiger partial charge in [-0.25, -0.2) is 0 Å². The lowest BCUT2D eigenvalue weighted by Crippen LogP contribution is -2.10. The van der Waals surface area contributed by atoms with E-state index in [-0.39, 0.29) is 0 Å². The second-order valence-electron chi connectivity index (χ2n) is 13.0. The summed E-state index contributed by atoms with van der Waals surface area (Å²) in [5.41, 5.74) is 22.2. The lowest BCUT2D eigenvalue weighted by Gasteiger charge is -2.21. The molecule has 0 spiro atoms. The van der Waals surface area contributed by atoms with E-state index < -0.39 is 0 Å². The summed E-state index contributed by atoms with van der Waals surface area (Å²) in [5.74, 6) is 1.51. The Balaban J connectivity index is 1.47. The van der Waals surface area contributed by atoms with Gasteiger partial charge in [-0.2, -0.15) is 0 Å².